The van der Waals surface area contributed by atoms with Gasteiger partial charge in [-0.2, -0.15) is 0 Å². The molecule has 0 aliphatic carbocycles. The van der Waals surface area contributed by atoms with Gasteiger partial charge >= 0.3 is 0 Å². The number of nitrogens with one attached hydrogen (secondary N) is 1. The predicted octanol–water partition coefficient (Wildman–Crippen LogP) is 0.843. The van der Waals surface area contributed by atoms with Crippen molar-refractivity contribution in [2.24, 2.45) is 7.05 Å². The molecule has 2 N–H and O–H groups in total. The smallest absolute Gasteiger partial charge is 0.133 e. The van der Waals surface area contributed by atoms with Crippen LogP contribution in [0.5, 0.6) is 0 Å². The van der Waals surface area contributed by atoms with Gasteiger partial charge in [0, 0.05) is 39.0 Å². The molecular formula is C14H19N3O3. The summed E-state index contributed by atoms with van der Waals surface area (Å²) in [5.41, 5.74) is -0.810. The Labute approximate surface area is 117 Å². The van der Waals surface area contributed by atoms with E-state index in [1.54, 1.807) is 12.5 Å². The van der Waals surface area contributed by atoms with Crippen LogP contribution < -0.4 is 5.32 Å². The molecule has 0 amide bonds. The van der Waals surface area contributed by atoms with Gasteiger partial charge in [0.25, 0.3) is 0 Å². The van der Waals surface area contributed by atoms with Crippen LogP contribution in [0.1, 0.15) is 24.0 Å². The van der Waals surface area contributed by atoms with Gasteiger partial charge in [-0.25, -0.2) is 4.98 Å². The Morgan fingerprint density at radius 2 is 2.50 bits per heavy atom. The van der Waals surface area contributed by atoms with Crippen molar-refractivity contribution < 1.29 is 14.3 Å². The van der Waals surface area contributed by atoms with Gasteiger partial charge in [-0.3, -0.25) is 5.32 Å². The molecule has 1 saturated heterocycles. The summed E-state index contributed by atoms with van der Waals surface area (Å²) in [6.45, 7) is 1.41. The van der Waals surface area contributed by atoms with Crippen molar-refractivity contribution >= 4 is 0 Å². The zero-order valence-electron chi connectivity index (χ0n) is 11.5. The van der Waals surface area contributed by atoms with Gasteiger partial charge in [-0.05, 0) is 12.1 Å². The van der Waals surface area contributed by atoms with E-state index in [2.05, 4.69) is 10.3 Å². The second kappa shape index (κ2) is 5.40. The molecular weight excluding hydrogens is 258 g/mol. The van der Waals surface area contributed by atoms with Crippen molar-refractivity contribution in [2.75, 3.05) is 19.8 Å². The first-order chi connectivity index (χ1) is 9.68. The Morgan fingerprint density at radius 1 is 1.60 bits per heavy atom. The van der Waals surface area contributed by atoms with E-state index in [-0.39, 0.29) is 6.04 Å². The lowest BCUT2D eigenvalue weighted by atomic mass is 10.0. The number of aryl methyl sites for hydroxylation is 1. The Hall–Kier alpha value is -1.63. The average Bonchev–Trinajstić information content (AvgIpc) is 3.14. The summed E-state index contributed by atoms with van der Waals surface area (Å²) < 4.78 is 12.7. The van der Waals surface area contributed by atoms with Gasteiger partial charge in [0.15, 0.2) is 0 Å². The normalized spacial score (nSPS) is 24.1. The fourth-order valence-corrected chi connectivity index (χ4v) is 2.46. The van der Waals surface area contributed by atoms with Crippen molar-refractivity contribution in [3.8, 4) is 0 Å². The molecule has 3 heterocycles. The van der Waals surface area contributed by atoms with Crippen LogP contribution in [0.4, 0.5) is 0 Å². The highest BCUT2D eigenvalue weighted by atomic mass is 16.5. The first-order valence-electron chi connectivity index (χ1n) is 6.72. The SMILES string of the molecule is Cn1ccnc1C(NCC1(O)CCOC1)c1ccco1. The second-order valence-corrected chi connectivity index (χ2v) is 5.25. The summed E-state index contributed by atoms with van der Waals surface area (Å²) in [7, 11) is 1.94. The van der Waals surface area contributed by atoms with Gasteiger partial charge in [0.1, 0.15) is 23.2 Å². The summed E-state index contributed by atoms with van der Waals surface area (Å²) in [6, 6.07) is 3.57. The molecule has 1 aliphatic heterocycles. The number of ether oxygens (including phenoxy) is 1. The highest BCUT2D eigenvalue weighted by molar-refractivity contribution is 5.16. The third-order valence-electron chi connectivity index (χ3n) is 3.66. The van der Waals surface area contributed by atoms with Crippen LogP contribution in [-0.4, -0.2) is 40.0 Å². The Balaban J connectivity index is 1.78. The van der Waals surface area contributed by atoms with Crippen molar-refractivity contribution in [3.63, 3.8) is 0 Å². The average molecular weight is 277 g/mol. The summed E-state index contributed by atoms with van der Waals surface area (Å²) >= 11 is 0. The summed E-state index contributed by atoms with van der Waals surface area (Å²) in [4.78, 5) is 4.37. The number of aromatic nitrogens is 2. The molecule has 0 bridgehead atoms. The quantitative estimate of drug-likeness (QED) is 0.847. The van der Waals surface area contributed by atoms with Crippen LogP contribution in [0.15, 0.2) is 35.2 Å². The Bertz CT molecular complexity index is 544. The van der Waals surface area contributed by atoms with E-state index in [1.165, 1.54) is 0 Å². The minimum Gasteiger partial charge on any atom is -0.467 e. The van der Waals surface area contributed by atoms with Crippen LogP contribution in [0.3, 0.4) is 0 Å². The van der Waals surface area contributed by atoms with Gasteiger partial charge in [-0.1, -0.05) is 0 Å². The Kier molecular flexibility index (Phi) is 3.60. The molecule has 6 heteroatoms. The molecule has 20 heavy (non-hydrogen) atoms. The van der Waals surface area contributed by atoms with Crippen molar-refractivity contribution in [2.45, 2.75) is 18.1 Å². The molecule has 108 valence electrons. The highest BCUT2D eigenvalue weighted by Gasteiger charge is 2.34. The molecule has 1 fully saturated rings. The molecule has 0 aromatic carbocycles. The molecule has 1 aliphatic rings. The second-order valence-electron chi connectivity index (χ2n) is 5.25. The number of rotatable bonds is 5. The van der Waals surface area contributed by atoms with E-state index >= 15 is 0 Å². The summed E-state index contributed by atoms with van der Waals surface area (Å²) in [6.07, 6.45) is 5.92. The zero-order chi connectivity index (χ0) is 14.0. The van der Waals surface area contributed by atoms with E-state index in [9.17, 15) is 5.11 Å². The zero-order valence-corrected chi connectivity index (χ0v) is 11.5. The molecule has 0 spiro atoms. The highest BCUT2D eigenvalue weighted by Crippen LogP contribution is 2.23. The van der Waals surface area contributed by atoms with Gasteiger partial charge in [-0.15, -0.1) is 0 Å². The largest absolute Gasteiger partial charge is 0.467 e. The molecule has 2 aromatic rings. The van der Waals surface area contributed by atoms with Crippen LogP contribution in [0.25, 0.3) is 0 Å². The van der Waals surface area contributed by atoms with Crippen molar-refractivity contribution in [3.05, 3.63) is 42.4 Å². The number of hydrogen-bond acceptors (Lipinski definition) is 5. The molecule has 3 rings (SSSR count). The molecule has 0 saturated carbocycles. The lowest BCUT2D eigenvalue weighted by molar-refractivity contribution is 0.0250. The van der Waals surface area contributed by atoms with E-state index in [1.807, 2.05) is 29.9 Å². The summed E-state index contributed by atoms with van der Waals surface area (Å²) in [5, 5.41) is 13.7. The van der Waals surface area contributed by atoms with Crippen LogP contribution in [0.2, 0.25) is 0 Å². The van der Waals surface area contributed by atoms with E-state index in [4.69, 9.17) is 9.15 Å². The molecule has 0 radical (unpaired) electrons. The van der Waals surface area contributed by atoms with Crippen LogP contribution in [0, 0.1) is 0 Å². The molecule has 6 nitrogen and oxygen atoms in total. The maximum absolute atomic E-state index is 10.4. The number of hydrogen-bond donors (Lipinski definition) is 2. The number of furan rings is 1. The first-order valence-corrected chi connectivity index (χ1v) is 6.72. The topological polar surface area (TPSA) is 72.5 Å². The number of aliphatic hydroxyl groups is 1. The summed E-state index contributed by atoms with van der Waals surface area (Å²) in [5.74, 6) is 1.63. The van der Waals surface area contributed by atoms with Gasteiger partial charge in [0.05, 0.1) is 12.9 Å². The first kappa shape index (κ1) is 13.4. The van der Waals surface area contributed by atoms with Crippen LogP contribution in [-0.2, 0) is 11.8 Å². The van der Waals surface area contributed by atoms with Gasteiger partial charge < -0.3 is 18.8 Å². The monoisotopic (exact) mass is 277 g/mol. The molecule has 2 unspecified atom stereocenters. The molecule has 2 atom stereocenters. The van der Waals surface area contributed by atoms with E-state index in [0.717, 1.165) is 11.6 Å². The third-order valence-corrected chi connectivity index (χ3v) is 3.66. The minimum absolute atomic E-state index is 0.186. The maximum atomic E-state index is 10.4. The Morgan fingerprint density at radius 3 is 3.10 bits per heavy atom. The number of imidazole rings is 1. The standard InChI is InChI=1S/C14H19N3O3/c1-17-6-5-15-13(17)12(11-3-2-7-20-11)16-9-14(18)4-8-19-10-14/h2-3,5-7,12,16,18H,4,8-10H2,1H3. The fraction of sp³-hybridized carbons (Fsp3) is 0.500. The van der Waals surface area contributed by atoms with Crippen molar-refractivity contribution in [1.29, 1.82) is 0 Å². The molecule has 2 aromatic heterocycles. The lowest BCUT2D eigenvalue weighted by Gasteiger charge is -2.24. The van der Waals surface area contributed by atoms with E-state index < -0.39 is 5.60 Å². The van der Waals surface area contributed by atoms with Gasteiger partial charge in [0.2, 0.25) is 0 Å². The van der Waals surface area contributed by atoms with Crippen LogP contribution >= 0.6 is 0 Å². The lowest BCUT2D eigenvalue weighted by Crippen LogP contribution is -2.43. The minimum atomic E-state index is -0.810. The third kappa shape index (κ3) is 2.63. The van der Waals surface area contributed by atoms with E-state index in [0.29, 0.717) is 26.2 Å². The predicted molar refractivity (Wildman–Crippen MR) is 72.1 cm³/mol. The fourth-order valence-electron chi connectivity index (χ4n) is 2.46. The maximum Gasteiger partial charge on any atom is 0.133 e. The van der Waals surface area contributed by atoms with Crippen molar-refractivity contribution in [1.82, 2.24) is 14.9 Å². The number of nitrogens with zero attached hydrogens (tertiary/aromatic N) is 2.